The molecule has 0 fully saturated rings. The Morgan fingerprint density at radius 3 is 2.42 bits per heavy atom. The minimum atomic E-state index is -0.688. The van der Waals surface area contributed by atoms with E-state index in [1.54, 1.807) is 0 Å². The molecule has 0 radical (unpaired) electrons. The first-order valence-electron chi connectivity index (χ1n) is 3.59. The maximum atomic E-state index is 10.7. The van der Waals surface area contributed by atoms with Crippen molar-refractivity contribution in [1.29, 1.82) is 0 Å². The summed E-state index contributed by atoms with van der Waals surface area (Å²) in [4.78, 5) is 10.7. The highest BCUT2D eigenvalue weighted by atomic mass is 16.5. The van der Waals surface area contributed by atoms with E-state index >= 15 is 0 Å². The van der Waals surface area contributed by atoms with Crippen LogP contribution in [-0.4, -0.2) is 11.1 Å². The molecule has 1 heterocycles. The van der Waals surface area contributed by atoms with Crippen molar-refractivity contribution >= 4 is 11.6 Å². The van der Waals surface area contributed by atoms with Crippen molar-refractivity contribution in [2.24, 2.45) is 5.73 Å². The largest absolute Gasteiger partial charge is 0.394 e. The van der Waals surface area contributed by atoms with E-state index in [1.807, 2.05) is 13.8 Å². The van der Waals surface area contributed by atoms with Crippen molar-refractivity contribution in [2.75, 3.05) is 5.73 Å². The fourth-order valence-corrected chi connectivity index (χ4v) is 0.904. The summed E-state index contributed by atoms with van der Waals surface area (Å²) in [6.07, 6.45) is 0. The predicted octanol–water partition coefficient (Wildman–Crippen LogP) is 0.479. The van der Waals surface area contributed by atoms with Crippen LogP contribution in [0.5, 0.6) is 0 Å². The molecular formula is C7H11N3O2. The zero-order valence-corrected chi connectivity index (χ0v) is 7.00. The molecule has 0 unspecified atom stereocenters. The van der Waals surface area contributed by atoms with Gasteiger partial charge in [0.2, 0.25) is 5.76 Å². The summed E-state index contributed by atoms with van der Waals surface area (Å²) in [6, 6.07) is 0. The van der Waals surface area contributed by atoms with E-state index in [9.17, 15) is 4.79 Å². The third kappa shape index (κ3) is 1.25. The average Bonchev–Trinajstić information content (AvgIpc) is 2.30. The van der Waals surface area contributed by atoms with Crippen LogP contribution in [-0.2, 0) is 0 Å². The van der Waals surface area contributed by atoms with Gasteiger partial charge in [-0.25, -0.2) is 0 Å². The molecule has 0 aliphatic rings. The maximum absolute atomic E-state index is 10.7. The fraction of sp³-hybridized carbons (Fsp3) is 0.429. The van der Waals surface area contributed by atoms with E-state index in [2.05, 4.69) is 9.68 Å². The molecule has 1 aromatic heterocycles. The molecule has 66 valence electrons. The number of primary amides is 1. The third-order valence-corrected chi connectivity index (χ3v) is 1.53. The monoisotopic (exact) mass is 169 g/mol. The van der Waals surface area contributed by atoms with Crippen molar-refractivity contribution in [3.8, 4) is 0 Å². The third-order valence-electron chi connectivity index (χ3n) is 1.53. The lowest BCUT2D eigenvalue weighted by molar-refractivity contribution is 0.0966. The molecule has 0 aromatic carbocycles. The van der Waals surface area contributed by atoms with Gasteiger partial charge in [0.05, 0.1) is 0 Å². The summed E-state index contributed by atoms with van der Waals surface area (Å²) in [5, 5.41) is 3.64. The second kappa shape index (κ2) is 2.84. The molecule has 0 bridgehead atoms. The molecule has 0 aliphatic carbocycles. The highest BCUT2D eigenvalue weighted by molar-refractivity contribution is 5.95. The first-order valence-corrected chi connectivity index (χ1v) is 3.59. The lowest BCUT2D eigenvalue weighted by atomic mass is 10.1. The number of nitrogens with two attached hydrogens (primary N) is 2. The zero-order chi connectivity index (χ0) is 9.30. The van der Waals surface area contributed by atoms with Crippen molar-refractivity contribution < 1.29 is 9.32 Å². The predicted molar refractivity (Wildman–Crippen MR) is 43.5 cm³/mol. The van der Waals surface area contributed by atoms with Crippen molar-refractivity contribution in [1.82, 2.24) is 5.16 Å². The van der Waals surface area contributed by atoms with Crippen LogP contribution in [0.4, 0.5) is 5.69 Å². The Bertz CT molecular complexity index is 304. The van der Waals surface area contributed by atoms with Gasteiger partial charge in [-0.1, -0.05) is 19.0 Å². The van der Waals surface area contributed by atoms with Crippen LogP contribution in [0.25, 0.3) is 0 Å². The molecule has 0 saturated heterocycles. The van der Waals surface area contributed by atoms with Crippen LogP contribution < -0.4 is 11.5 Å². The summed E-state index contributed by atoms with van der Waals surface area (Å²) in [6.45, 7) is 3.80. The first-order chi connectivity index (χ1) is 5.54. The lowest BCUT2D eigenvalue weighted by Crippen LogP contribution is -2.12. The molecule has 0 atom stereocenters. The minimum Gasteiger partial charge on any atom is -0.394 e. The molecule has 1 amide bonds. The normalized spacial score (nSPS) is 10.6. The number of rotatable bonds is 2. The van der Waals surface area contributed by atoms with E-state index in [0.29, 0.717) is 5.69 Å². The Balaban J connectivity index is 3.13. The number of anilines is 1. The van der Waals surface area contributed by atoms with E-state index in [0.717, 1.165) is 0 Å². The number of amides is 1. The van der Waals surface area contributed by atoms with E-state index < -0.39 is 5.91 Å². The van der Waals surface area contributed by atoms with Gasteiger partial charge in [0.1, 0.15) is 11.4 Å². The van der Waals surface area contributed by atoms with Crippen LogP contribution in [0.15, 0.2) is 4.52 Å². The summed E-state index contributed by atoms with van der Waals surface area (Å²) in [7, 11) is 0. The van der Waals surface area contributed by atoms with E-state index in [1.165, 1.54) is 0 Å². The fourth-order valence-electron chi connectivity index (χ4n) is 0.904. The minimum absolute atomic E-state index is 0.0568. The number of aromatic nitrogens is 1. The van der Waals surface area contributed by atoms with E-state index in [-0.39, 0.29) is 17.4 Å². The van der Waals surface area contributed by atoms with Gasteiger partial charge in [-0.15, -0.1) is 0 Å². The van der Waals surface area contributed by atoms with Gasteiger partial charge < -0.3 is 16.0 Å². The quantitative estimate of drug-likeness (QED) is 0.673. The van der Waals surface area contributed by atoms with E-state index in [4.69, 9.17) is 11.5 Å². The number of carbonyl (C=O) groups is 1. The molecule has 5 nitrogen and oxygen atoms in total. The molecule has 0 aliphatic heterocycles. The average molecular weight is 169 g/mol. The van der Waals surface area contributed by atoms with Crippen LogP contribution >= 0.6 is 0 Å². The Kier molecular flexibility index (Phi) is 2.03. The molecule has 1 rings (SSSR count). The van der Waals surface area contributed by atoms with Crippen LogP contribution in [0, 0.1) is 0 Å². The Hall–Kier alpha value is -1.52. The van der Waals surface area contributed by atoms with Gasteiger partial charge in [-0.2, -0.15) is 0 Å². The van der Waals surface area contributed by atoms with Crippen LogP contribution in [0.2, 0.25) is 0 Å². The van der Waals surface area contributed by atoms with Gasteiger partial charge in [0.25, 0.3) is 5.91 Å². The number of nitrogen functional groups attached to an aromatic ring is 1. The highest BCUT2D eigenvalue weighted by Gasteiger charge is 2.18. The summed E-state index contributed by atoms with van der Waals surface area (Å²) in [5.41, 5.74) is 11.3. The molecular weight excluding hydrogens is 158 g/mol. The summed E-state index contributed by atoms with van der Waals surface area (Å²) < 4.78 is 4.67. The summed E-state index contributed by atoms with van der Waals surface area (Å²) in [5.74, 6) is -0.618. The van der Waals surface area contributed by atoms with Gasteiger partial charge in [0.15, 0.2) is 0 Å². The summed E-state index contributed by atoms with van der Waals surface area (Å²) >= 11 is 0. The zero-order valence-electron chi connectivity index (χ0n) is 7.00. The molecule has 0 spiro atoms. The Morgan fingerprint density at radius 1 is 1.58 bits per heavy atom. The number of hydrogen-bond donors (Lipinski definition) is 2. The van der Waals surface area contributed by atoms with Crippen molar-refractivity contribution in [3.05, 3.63) is 11.5 Å². The second-order valence-corrected chi connectivity index (χ2v) is 2.83. The SMILES string of the molecule is CC(C)c1noc(C(N)=O)c1N. The van der Waals surface area contributed by atoms with Crippen molar-refractivity contribution in [3.63, 3.8) is 0 Å². The van der Waals surface area contributed by atoms with Gasteiger partial charge in [-0.3, -0.25) is 4.79 Å². The standard InChI is InChI=1S/C7H11N3O2/c1-3(2)5-4(8)6(7(9)11)12-10-5/h3H,8H2,1-2H3,(H2,9,11). The lowest BCUT2D eigenvalue weighted by Gasteiger charge is -1.97. The molecule has 1 aromatic rings. The second-order valence-electron chi connectivity index (χ2n) is 2.83. The first kappa shape index (κ1) is 8.58. The van der Waals surface area contributed by atoms with Gasteiger partial charge in [0, 0.05) is 5.92 Å². The van der Waals surface area contributed by atoms with Crippen LogP contribution in [0.3, 0.4) is 0 Å². The molecule has 5 heteroatoms. The van der Waals surface area contributed by atoms with Gasteiger partial charge in [-0.05, 0) is 0 Å². The number of hydrogen-bond acceptors (Lipinski definition) is 4. The highest BCUT2D eigenvalue weighted by Crippen LogP contribution is 2.23. The molecule has 4 N–H and O–H groups in total. The van der Waals surface area contributed by atoms with Crippen LogP contribution in [0.1, 0.15) is 36.0 Å². The topological polar surface area (TPSA) is 95.1 Å². The molecule has 0 saturated carbocycles. The maximum Gasteiger partial charge on any atom is 0.289 e. The number of carbonyl (C=O) groups excluding carboxylic acids is 1. The smallest absolute Gasteiger partial charge is 0.289 e. The molecule has 12 heavy (non-hydrogen) atoms. The Labute approximate surface area is 69.7 Å². The van der Waals surface area contributed by atoms with Crippen molar-refractivity contribution in [2.45, 2.75) is 19.8 Å². The van der Waals surface area contributed by atoms with Gasteiger partial charge >= 0.3 is 0 Å². The Morgan fingerprint density at radius 2 is 2.17 bits per heavy atom. The number of nitrogens with zero attached hydrogens (tertiary/aromatic N) is 1.